The second-order valence-corrected chi connectivity index (χ2v) is 7.37. The van der Waals surface area contributed by atoms with Gasteiger partial charge in [-0.1, -0.05) is 66.7 Å². The molecular formula is C27H27N2NiO-. The molecule has 0 aromatic heterocycles. The Morgan fingerprint density at radius 1 is 0.613 bits per heavy atom. The van der Waals surface area contributed by atoms with E-state index >= 15 is 0 Å². The summed E-state index contributed by atoms with van der Waals surface area (Å²) >= 11 is 0. The van der Waals surface area contributed by atoms with Gasteiger partial charge in [-0.15, -0.1) is 0 Å². The van der Waals surface area contributed by atoms with Gasteiger partial charge in [0.25, 0.3) is 0 Å². The number of ether oxygens (including phenoxy) is 1. The molecule has 0 aliphatic carbocycles. The van der Waals surface area contributed by atoms with Gasteiger partial charge < -0.3 is 12.2 Å². The van der Waals surface area contributed by atoms with Crippen molar-refractivity contribution in [3.63, 3.8) is 0 Å². The molecule has 1 aliphatic heterocycles. The fourth-order valence-electron chi connectivity index (χ4n) is 3.46. The van der Waals surface area contributed by atoms with Crippen molar-refractivity contribution in [3.8, 4) is 0 Å². The van der Waals surface area contributed by atoms with Gasteiger partial charge in [0.15, 0.2) is 0 Å². The van der Waals surface area contributed by atoms with Crippen LogP contribution in [0.2, 0.25) is 0 Å². The zero-order valence-corrected chi connectivity index (χ0v) is 19.5. The fourth-order valence-corrected chi connectivity index (χ4v) is 3.46. The van der Waals surface area contributed by atoms with Crippen molar-refractivity contribution in [2.45, 2.75) is 27.7 Å². The molecule has 0 radical (unpaired) electrons. The predicted octanol–water partition coefficient (Wildman–Crippen LogP) is 7.24. The van der Waals surface area contributed by atoms with E-state index in [4.69, 9.17) is 14.7 Å². The minimum Gasteiger partial charge on any atom is -0.436 e. The number of hydrogen-bond donors (Lipinski definition) is 0. The van der Waals surface area contributed by atoms with E-state index in [1.165, 1.54) is 0 Å². The molecule has 0 amide bonds. The van der Waals surface area contributed by atoms with E-state index in [-0.39, 0.29) is 23.9 Å². The van der Waals surface area contributed by atoms with Crippen LogP contribution in [-0.2, 0) is 21.2 Å². The van der Waals surface area contributed by atoms with Gasteiger partial charge >= 0.3 is 0 Å². The van der Waals surface area contributed by atoms with Crippen molar-refractivity contribution < 1.29 is 21.2 Å². The van der Waals surface area contributed by atoms with E-state index in [0.717, 1.165) is 50.7 Å². The number of para-hydroxylation sites is 2. The third-order valence-electron chi connectivity index (χ3n) is 5.08. The normalized spacial score (nSPS) is 15.2. The van der Waals surface area contributed by atoms with Crippen molar-refractivity contribution in [2.24, 2.45) is 9.98 Å². The Kier molecular flexibility index (Phi) is 8.13. The number of aliphatic imine (C=N–C) groups is 2. The van der Waals surface area contributed by atoms with E-state index in [1.54, 1.807) is 0 Å². The van der Waals surface area contributed by atoms with Crippen LogP contribution in [0, 0.1) is 35.1 Å². The molecule has 1 heterocycles. The van der Waals surface area contributed by atoms with Crippen LogP contribution in [0.1, 0.15) is 27.8 Å². The van der Waals surface area contributed by atoms with Crippen molar-refractivity contribution >= 4 is 28.7 Å². The molecule has 4 rings (SSSR count). The van der Waals surface area contributed by atoms with Gasteiger partial charge in [-0.2, -0.15) is 0 Å². The van der Waals surface area contributed by atoms with Crippen molar-refractivity contribution in [2.75, 3.05) is 0 Å². The fraction of sp³-hybridized carbons (Fsp3) is 0.148. The Morgan fingerprint density at radius 3 is 1.61 bits per heavy atom. The van der Waals surface area contributed by atoms with Gasteiger partial charge in [0, 0.05) is 28.1 Å². The molecule has 0 fully saturated rings. The van der Waals surface area contributed by atoms with Gasteiger partial charge in [-0.3, -0.25) is 0 Å². The standard InChI is InChI=1S/C26H24N2O.CH3.Ni/c1-17-10-8-11-18(2)24(17)27-22-16-23(21-14-6-5-7-15-21)29-26(22)28-25-19(3)12-9-13-20(25)4;;/h5-16H,1-4H3;1H3;/q;-1;. The van der Waals surface area contributed by atoms with Crippen LogP contribution in [0.4, 0.5) is 11.4 Å². The van der Waals surface area contributed by atoms with E-state index in [9.17, 15) is 0 Å². The average Bonchev–Trinajstić information content (AvgIpc) is 3.11. The van der Waals surface area contributed by atoms with E-state index in [0.29, 0.717) is 5.90 Å². The molecule has 0 atom stereocenters. The molecule has 3 nitrogen and oxygen atoms in total. The predicted molar refractivity (Wildman–Crippen MR) is 128 cm³/mol. The average molecular weight is 454 g/mol. The molecule has 0 N–H and O–H groups in total. The monoisotopic (exact) mass is 453 g/mol. The van der Waals surface area contributed by atoms with Gasteiger partial charge in [0.2, 0.25) is 5.90 Å². The smallest absolute Gasteiger partial charge is 0.246 e. The Hall–Kier alpha value is -2.97. The van der Waals surface area contributed by atoms with Crippen LogP contribution in [0.25, 0.3) is 5.76 Å². The van der Waals surface area contributed by atoms with Crippen LogP contribution in [-0.4, -0.2) is 11.6 Å². The summed E-state index contributed by atoms with van der Waals surface area (Å²) in [5.41, 5.74) is 8.12. The molecule has 0 unspecified atom stereocenters. The first-order chi connectivity index (χ1) is 14.0. The Bertz CT molecular complexity index is 1120. The van der Waals surface area contributed by atoms with Crippen LogP contribution in [0.3, 0.4) is 0 Å². The maximum Gasteiger partial charge on any atom is 0.246 e. The number of hydrogen-bond acceptors (Lipinski definition) is 3. The maximum absolute atomic E-state index is 6.21. The van der Waals surface area contributed by atoms with Crippen LogP contribution >= 0.6 is 0 Å². The summed E-state index contributed by atoms with van der Waals surface area (Å²) in [4.78, 5) is 9.84. The number of rotatable bonds is 3. The quantitative estimate of drug-likeness (QED) is 0.303. The van der Waals surface area contributed by atoms with E-state index < -0.39 is 0 Å². The molecule has 0 saturated heterocycles. The minimum absolute atomic E-state index is 0. The summed E-state index contributed by atoms with van der Waals surface area (Å²) in [5.74, 6) is 1.30. The molecule has 0 spiro atoms. The van der Waals surface area contributed by atoms with Crippen LogP contribution < -0.4 is 0 Å². The zero-order valence-electron chi connectivity index (χ0n) is 18.5. The van der Waals surface area contributed by atoms with Gasteiger partial charge in [0.05, 0.1) is 11.4 Å². The Labute approximate surface area is 195 Å². The van der Waals surface area contributed by atoms with Crippen molar-refractivity contribution in [1.29, 1.82) is 0 Å². The minimum atomic E-state index is 0. The number of aryl methyl sites for hydroxylation is 4. The summed E-state index contributed by atoms with van der Waals surface area (Å²) in [6, 6.07) is 22.4. The molecule has 31 heavy (non-hydrogen) atoms. The van der Waals surface area contributed by atoms with E-state index in [1.807, 2.05) is 42.5 Å². The third kappa shape index (κ3) is 5.21. The first-order valence-electron chi connectivity index (χ1n) is 9.78. The summed E-state index contributed by atoms with van der Waals surface area (Å²) in [6.07, 6.45) is 1.98. The third-order valence-corrected chi connectivity index (χ3v) is 5.08. The largest absolute Gasteiger partial charge is 0.436 e. The van der Waals surface area contributed by atoms with Crippen LogP contribution in [0.15, 0.2) is 82.8 Å². The Balaban J connectivity index is 0.00000171. The summed E-state index contributed by atoms with van der Waals surface area (Å²) in [5, 5.41) is 0. The second-order valence-electron chi connectivity index (χ2n) is 7.37. The molecule has 0 bridgehead atoms. The number of nitrogens with zero attached hydrogens (tertiary/aromatic N) is 2. The van der Waals surface area contributed by atoms with Crippen molar-refractivity contribution in [1.82, 2.24) is 0 Å². The summed E-state index contributed by atoms with van der Waals surface area (Å²) in [7, 11) is 0. The molecule has 162 valence electrons. The summed E-state index contributed by atoms with van der Waals surface area (Å²) < 4.78 is 6.21. The number of benzene rings is 3. The molecular weight excluding hydrogens is 427 g/mol. The van der Waals surface area contributed by atoms with Gasteiger partial charge in [0.1, 0.15) is 11.5 Å². The van der Waals surface area contributed by atoms with Crippen LogP contribution in [0.5, 0.6) is 0 Å². The molecule has 1 aliphatic rings. The van der Waals surface area contributed by atoms with E-state index in [2.05, 4.69) is 58.0 Å². The molecule has 3 aromatic carbocycles. The molecule has 3 aromatic rings. The molecule has 4 heteroatoms. The van der Waals surface area contributed by atoms with Crippen molar-refractivity contribution in [3.05, 3.63) is 108 Å². The second kappa shape index (κ2) is 10.4. The molecule has 0 saturated carbocycles. The topological polar surface area (TPSA) is 34.0 Å². The first-order valence-corrected chi connectivity index (χ1v) is 9.78. The first kappa shape index (κ1) is 24.3. The SMILES string of the molecule is Cc1cccc(C)c1N=C1C=C(c2ccccc2)OC1=Nc1c(C)cccc1C.[CH3-].[Ni]. The zero-order chi connectivity index (χ0) is 20.4. The van der Waals surface area contributed by atoms with Gasteiger partial charge in [-0.05, 0) is 49.9 Å². The summed E-state index contributed by atoms with van der Waals surface area (Å²) in [6.45, 7) is 8.28. The maximum atomic E-state index is 6.21. The Morgan fingerprint density at radius 2 is 1.10 bits per heavy atom. The van der Waals surface area contributed by atoms with Gasteiger partial charge in [-0.25, -0.2) is 9.98 Å².